The molecular weight excluding hydrogens is 280 g/mol. The van der Waals surface area contributed by atoms with Gasteiger partial charge in [-0.25, -0.2) is 4.79 Å². The van der Waals surface area contributed by atoms with Gasteiger partial charge >= 0.3 is 5.97 Å². The molecule has 0 radical (unpaired) electrons. The number of fused-ring (bicyclic) bond motifs is 1. The van der Waals surface area contributed by atoms with E-state index < -0.39 is 11.8 Å². The number of carboxylic acids is 1. The Morgan fingerprint density at radius 3 is 2.62 bits per heavy atom. The molecule has 84 valence electrons. The SMILES string of the molecule is Cc1c(C(=O)C(=O)O)cc(Br)c2c1OCO2. The van der Waals surface area contributed by atoms with Crippen LogP contribution in [0.2, 0.25) is 0 Å². The number of aliphatic carboxylic acids is 1. The second-order valence-corrected chi connectivity index (χ2v) is 4.08. The van der Waals surface area contributed by atoms with Crippen LogP contribution in [0.15, 0.2) is 10.5 Å². The quantitative estimate of drug-likeness (QED) is 0.662. The van der Waals surface area contributed by atoms with Crippen LogP contribution in [0.25, 0.3) is 0 Å². The highest BCUT2D eigenvalue weighted by Crippen LogP contribution is 2.43. The van der Waals surface area contributed by atoms with E-state index in [4.69, 9.17) is 14.6 Å². The summed E-state index contributed by atoms with van der Waals surface area (Å²) >= 11 is 3.20. The summed E-state index contributed by atoms with van der Waals surface area (Å²) in [6.45, 7) is 1.69. The van der Waals surface area contributed by atoms with Crippen molar-refractivity contribution in [2.75, 3.05) is 6.79 Å². The molecule has 1 aliphatic rings. The molecule has 6 heteroatoms. The smallest absolute Gasteiger partial charge is 0.377 e. The first kappa shape index (κ1) is 10.9. The highest BCUT2D eigenvalue weighted by atomic mass is 79.9. The fourth-order valence-electron chi connectivity index (χ4n) is 1.51. The fourth-order valence-corrected chi connectivity index (χ4v) is 2.03. The number of rotatable bonds is 2. The van der Waals surface area contributed by atoms with Gasteiger partial charge in [-0.15, -0.1) is 0 Å². The predicted octanol–water partition coefficient (Wildman–Crippen LogP) is 1.75. The molecule has 1 aromatic carbocycles. The Balaban J connectivity index is 2.61. The van der Waals surface area contributed by atoms with Gasteiger partial charge in [0.25, 0.3) is 5.78 Å². The zero-order valence-electron chi connectivity index (χ0n) is 8.24. The minimum atomic E-state index is -1.49. The van der Waals surface area contributed by atoms with Crippen molar-refractivity contribution < 1.29 is 24.2 Å². The maximum Gasteiger partial charge on any atom is 0.377 e. The van der Waals surface area contributed by atoms with Crippen molar-refractivity contribution in [3.8, 4) is 11.5 Å². The van der Waals surface area contributed by atoms with Crippen LogP contribution in [0.3, 0.4) is 0 Å². The predicted molar refractivity (Wildman–Crippen MR) is 57.0 cm³/mol. The average molecular weight is 287 g/mol. The van der Waals surface area contributed by atoms with E-state index in [-0.39, 0.29) is 12.4 Å². The third-order valence-corrected chi connectivity index (χ3v) is 2.87. The molecule has 1 aromatic rings. The van der Waals surface area contributed by atoms with Crippen molar-refractivity contribution in [1.82, 2.24) is 0 Å². The molecule has 0 bridgehead atoms. The summed E-state index contributed by atoms with van der Waals surface area (Å²) in [6, 6.07) is 1.43. The number of carbonyl (C=O) groups excluding carboxylic acids is 1. The molecule has 16 heavy (non-hydrogen) atoms. The van der Waals surface area contributed by atoms with E-state index in [1.807, 2.05) is 0 Å². The number of hydrogen-bond acceptors (Lipinski definition) is 4. The maximum atomic E-state index is 11.4. The summed E-state index contributed by atoms with van der Waals surface area (Å²) in [6.07, 6.45) is 0. The molecule has 0 saturated carbocycles. The van der Waals surface area contributed by atoms with E-state index >= 15 is 0 Å². The second kappa shape index (κ2) is 3.79. The first-order valence-corrected chi connectivity index (χ1v) is 5.18. The van der Waals surface area contributed by atoms with Crippen molar-refractivity contribution in [2.24, 2.45) is 0 Å². The van der Waals surface area contributed by atoms with Crippen molar-refractivity contribution >= 4 is 27.7 Å². The van der Waals surface area contributed by atoms with Gasteiger partial charge in [0.2, 0.25) is 6.79 Å². The van der Waals surface area contributed by atoms with Crippen LogP contribution in [0.5, 0.6) is 11.5 Å². The van der Waals surface area contributed by atoms with Gasteiger partial charge in [-0.1, -0.05) is 0 Å². The molecule has 0 saturated heterocycles. The monoisotopic (exact) mass is 286 g/mol. The Kier molecular flexibility index (Phi) is 2.59. The molecule has 1 aliphatic heterocycles. The van der Waals surface area contributed by atoms with Gasteiger partial charge in [0.05, 0.1) is 4.47 Å². The van der Waals surface area contributed by atoms with Crippen molar-refractivity contribution in [3.05, 3.63) is 21.7 Å². The standard InChI is InChI=1S/C10H7BrO5/c1-4-5(7(12)10(13)14)2-6(11)9-8(4)15-3-16-9/h2H,3H2,1H3,(H,13,14). The number of ether oxygens (including phenoxy) is 2. The Bertz CT molecular complexity index is 494. The lowest BCUT2D eigenvalue weighted by atomic mass is 10.0. The highest BCUT2D eigenvalue weighted by Gasteiger charge is 2.26. The number of carbonyl (C=O) groups is 2. The van der Waals surface area contributed by atoms with E-state index in [0.29, 0.717) is 21.5 Å². The summed E-state index contributed by atoms with van der Waals surface area (Å²) in [5.41, 5.74) is 0.576. The van der Waals surface area contributed by atoms with Gasteiger partial charge in [0, 0.05) is 11.1 Å². The number of benzene rings is 1. The zero-order chi connectivity index (χ0) is 11.9. The summed E-state index contributed by atoms with van der Waals surface area (Å²) in [7, 11) is 0. The minimum absolute atomic E-state index is 0.0689. The molecule has 0 amide bonds. The molecule has 1 N–H and O–H groups in total. The third kappa shape index (κ3) is 1.55. The largest absolute Gasteiger partial charge is 0.475 e. The van der Waals surface area contributed by atoms with E-state index in [0.717, 1.165) is 0 Å². The number of halogens is 1. The molecule has 1 heterocycles. The average Bonchev–Trinajstić information content (AvgIpc) is 2.71. The molecule has 5 nitrogen and oxygen atoms in total. The van der Waals surface area contributed by atoms with Gasteiger partial charge in [0.15, 0.2) is 11.5 Å². The molecule has 2 rings (SSSR count). The molecule has 0 aromatic heterocycles. The third-order valence-electron chi connectivity index (χ3n) is 2.28. The van der Waals surface area contributed by atoms with Crippen LogP contribution in [0.4, 0.5) is 0 Å². The Morgan fingerprint density at radius 1 is 1.38 bits per heavy atom. The van der Waals surface area contributed by atoms with Crippen LogP contribution in [-0.4, -0.2) is 23.7 Å². The van der Waals surface area contributed by atoms with Gasteiger partial charge in [0.1, 0.15) is 0 Å². The second-order valence-electron chi connectivity index (χ2n) is 3.23. The van der Waals surface area contributed by atoms with Crippen LogP contribution in [0, 0.1) is 6.92 Å². The van der Waals surface area contributed by atoms with Gasteiger partial charge in [-0.3, -0.25) is 4.79 Å². The Labute approximate surface area is 99.1 Å². The molecule has 0 aliphatic carbocycles. The van der Waals surface area contributed by atoms with Crippen molar-refractivity contribution in [3.63, 3.8) is 0 Å². The summed E-state index contributed by atoms with van der Waals surface area (Å²) in [5.74, 6) is -1.54. The van der Waals surface area contributed by atoms with Crippen LogP contribution < -0.4 is 9.47 Å². The normalized spacial score (nSPS) is 12.6. The van der Waals surface area contributed by atoms with Crippen LogP contribution in [0.1, 0.15) is 15.9 Å². The maximum absolute atomic E-state index is 11.4. The van der Waals surface area contributed by atoms with Crippen molar-refractivity contribution in [2.45, 2.75) is 6.92 Å². The molecule has 0 spiro atoms. The topological polar surface area (TPSA) is 72.8 Å². The Morgan fingerprint density at radius 2 is 2.00 bits per heavy atom. The molecular formula is C10H7BrO5. The van der Waals surface area contributed by atoms with Crippen LogP contribution >= 0.6 is 15.9 Å². The summed E-state index contributed by atoms with van der Waals surface area (Å²) in [4.78, 5) is 22.0. The van der Waals surface area contributed by atoms with Crippen molar-refractivity contribution in [1.29, 1.82) is 0 Å². The first-order chi connectivity index (χ1) is 7.52. The van der Waals surface area contributed by atoms with E-state index in [1.165, 1.54) is 6.07 Å². The van der Waals surface area contributed by atoms with E-state index in [9.17, 15) is 9.59 Å². The zero-order valence-corrected chi connectivity index (χ0v) is 9.83. The number of Topliss-reactive ketones (excluding diaryl/α,β-unsaturated/α-hetero) is 1. The highest BCUT2D eigenvalue weighted by molar-refractivity contribution is 9.10. The lowest BCUT2D eigenvalue weighted by Crippen LogP contribution is -2.14. The number of hydrogen-bond donors (Lipinski definition) is 1. The van der Waals surface area contributed by atoms with Gasteiger partial charge in [-0.05, 0) is 28.9 Å². The summed E-state index contributed by atoms with van der Waals surface area (Å²) in [5, 5.41) is 8.66. The Hall–Kier alpha value is -1.56. The molecule has 0 atom stereocenters. The van der Waals surface area contributed by atoms with E-state index in [2.05, 4.69) is 15.9 Å². The van der Waals surface area contributed by atoms with Gasteiger partial charge < -0.3 is 14.6 Å². The number of ketones is 1. The van der Waals surface area contributed by atoms with E-state index in [1.54, 1.807) is 6.92 Å². The lowest BCUT2D eigenvalue weighted by Gasteiger charge is -2.07. The molecule has 0 unspecified atom stereocenters. The first-order valence-electron chi connectivity index (χ1n) is 4.38. The fraction of sp³-hybridized carbons (Fsp3) is 0.200. The van der Waals surface area contributed by atoms with Gasteiger partial charge in [-0.2, -0.15) is 0 Å². The minimum Gasteiger partial charge on any atom is -0.475 e. The van der Waals surface area contributed by atoms with Crippen LogP contribution in [-0.2, 0) is 4.79 Å². The number of carboxylic acid groups (broad SMARTS) is 1. The lowest BCUT2D eigenvalue weighted by molar-refractivity contribution is -0.131. The summed E-state index contributed by atoms with van der Waals surface area (Å²) < 4.78 is 10.9. The molecule has 0 fully saturated rings.